The number of benzene rings is 1. The van der Waals surface area contributed by atoms with E-state index >= 15 is 0 Å². The van der Waals surface area contributed by atoms with Crippen LogP contribution in [0.25, 0.3) is 0 Å². The molecule has 1 amide bonds. The van der Waals surface area contributed by atoms with E-state index in [1.54, 1.807) is 24.4 Å². The van der Waals surface area contributed by atoms with E-state index in [4.69, 9.17) is 27.9 Å². The summed E-state index contributed by atoms with van der Waals surface area (Å²) in [4.78, 5) is 22.9. The molecule has 1 fully saturated rings. The first kappa shape index (κ1) is 24.3. The van der Waals surface area contributed by atoms with E-state index in [0.29, 0.717) is 27.8 Å². The molecule has 0 spiro atoms. The summed E-state index contributed by atoms with van der Waals surface area (Å²) in [7, 11) is 3.90. The van der Waals surface area contributed by atoms with Crippen LogP contribution in [0, 0.1) is 0 Å². The fourth-order valence-electron chi connectivity index (χ4n) is 3.22. The fourth-order valence-corrected chi connectivity index (χ4v) is 3.51. The molecule has 30 heavy (non-hydrogen) atoms. The van der Waals surface area contributed by atoms with Crippen LogP contribution >= 0.6 is 35.6 Å². The van der Waals surface area contributed by atoms with Crippen molar-refractivity contribution in [2.75, 3.05) is 30.9 Å². The van der Waals surface area contributed by atoms with Gasteiger partial charge in [-0.05, 0) is 43.9 Å². The topological polar surface area (TPSA) is 79.4 Å². The van der Waals surface area contributed by atoms with Crippen LogP contribution in [0.2, 0.25) is 10.0 Å². The first-order chi connectivity index (χ1) is 13.9. The van der Waals surface area contributed by atoms with E-state index in [9.17, 15) is 4.79 Å². The van der Waals surface area contributed by atoms with E-state index in [0.717, 1.165) is 31.5 Å². The van der Waals surface area contributed by atoms with Gasteiger partial charge in [0.05, 0.1) is 10.0 Å². The van der Waals surface area contributed by atoms with Crippen LogP contribution in [0.4, 0.5) is 11.8 Å². The minimum absolute atomic E-state index is 0. The predicted molar refractivity (Wildman–Crippen MR) is 123 cm³/mol. The van der Waals surface area contributed by atoms with Gasteiger partial charge in [-0.25, -0.2) is 4.98 Å². The maximum Gasteiger partial charge on any atom is 0.258 e. The number of ether oxygens (including phenoxy) is 1. The lowest BCUT2D eigenvalue weighted by Gasteiger charge is -2.29. The van der Waals surface area contributed by atoms with Gasteiger partial charge in [0.1, 0.15) is 11.6 Å². The molecule has 0 atom stereocenters. The molecule has 1 aliphatic carbocycles. The number of amides is 1. The third-order valence-corrected chi connectivity index (χ3v) is 5.52. The zero-order valence-corrected chi connectivity index (χ0v) is 19.2. The quantitative estimate of drug-likeness (QED) is 0.626. The Labute approximate surface area is 192 Å². The van der Waals surface area contributed by atoms with Crippen molar-refractivity contribution in [2.24, 2.45) is 0 Å². The number of nitrogens with one attached hydrogen (secondary N) is 2. The highest BCUT2D eigenvalue weighted by molar-refractivity contribution is 6.42. The summed E-state index contributed by atoms with van der Waals surface area (Å²) in [5.74, 6) is 1.88. The van der Waals surface area contributed by atoms with Crippen LogP contribution < -0.4 is 20.3 Å². The maximum absolute atomic E-state index is 12.2. The molecular formula is C20H26Cl3N5O2. The van der Waals surface area contributed by atoms with Crippen LogP contribution in [-0.2, 0) is 4.79 Å². The number of carbonyl (C=O) groups is 1. The van der Waals surface area contributed by atoms with Crippen molar-refractivity contribution in [2.45, 2.75) is 37.8 Å². The van der Waals surface area contributed by atoms with Crippen molar-refractivity contribution in [1.82, 2.24) is 15.3 Å². The highest BCUT2D eigenvalue weighted by Crippen LogP contribution is 2.26. The van der Waals surface area contributed by atoms with Gasteiger partial charge in [-0.3, -0.25) is 4.79 Å². The molecule has 1 aromatic carbocycles. The van der Waals surface area contributed by atoms with Gasteiger partial charge in [-0.1, -0.05) is 23.2 Å². The number of aromatic nitrogens is 2. The van der Waals surface area contributed by atoms with Crippen molar-refractivity contribution in [1.29, 1.82) is 0 Å². The van der Waals surface area contributed by atoms with Crippen LogP contribution in [0.5, 0.6) is 5.75 Å². The van der Waals surface area contributed by atoms with Gasteiger partial charge < -0.3 is 20.3 Å². The SMILES string of the molecule is CN(C)c1ccnc(N[C@H]2CC[C@@H](NC(=O)COc3ccc(Cl)c(Cl)c3)CC2)n1.Cl. The molecule has 7 nitrogen and oxygen atoms in total. The van der Waals surface area contributed by atoms with Gasteiger partial charge >= 0.3 is 0 Å². The number of hydrogen-bond acceptors (Lipinski definition) is 6. The van der Waals surface area contributed by atoms with Gasteiger partial charge in [-0.2, -0.15) is 4.98 Å². The Morgan fingerprint density at radius 3 is 2.50 bits per heavy atom. The molecule has 0 saturated heterocycles. The zero-order valence-electron chi connectivity index (χ0n) is 16.9. The standard InChI is InChI=1S/C20H25Cl2N5O2.ClH/c1-27(2)18-9-10-23-20(26-18)25-14-5-3-13(4-6-14)24-19(28)12-29-15-7-8-16(21)17(22)11-15;/h7-11,13-14H,3-6,12H2,1-2H3,(H,24,28)(H,23,25,26);1H/t13-,14+;. The lowest BCUT2D eigenvalue weighted by Crippen LogP contribution is -2.42. The van der Waals surface area contributed by atoms with Gasteiger partial charge in [0.2, 0.25) is 5.95 Å². The molecule has 1 saturated carbocycles. The van der Waals surface area contributed by atoms with E-state index in [2.05, 4.69) is 20.6 Å². The van der Waals surface area contributed by atoms with Crippen molar-refractivity contribution < 1.29 is 9.53 Å². The Morgan fingerprint density at radius 1 is 1.13 bits per heavy atom. The Morgan fingerprint density at radius 2 is 1.83 bits per heavy atom. The normalized spacial score (nSPS) is 18.1. The second-order valence-corrected chi connectivity index (χ2v) is 8.07. The van der Waals surface area contributed by atoms with Crippen molar-refractivity contribution in [3.05, 3.63) is 40.5 Å². The van der Waals surface area contributed by atoms with Crippen LogP contribution in [-0.4, -0.2) is 48.7 Å². The molecular weight excluding hydrogens is 449 g/mol. The number of halogens is 3. The second-order valence-electron chi connectivity index (χ2n) is 7.26. The minimum Gasteiger partial charge on any atom is -0.484 e. The number of anilines is 2. The lowest BCUT2D eigenvalue weighted by molar-refractivity contribution is -0.124. The zero-order chi connectivity index (χ0) is 20.8. The Kier molecular flexibility index (Phi) is 9.27. The molecule has 0 aliphatic heterocycles. The highest BCUT2D eigenvalue weighted by atomic mass is 35.5. The first-order valence-corrected chi connectivity index (χ1v) is 10.3. The van der Waals surface area contributed by atoms with Crippen molar-refractivity contribution in [3.8, 4) is 5.75 Å². The smallest absolute Gasteiger partial charge is 0.258 e. The molecule has 0 unspecified atom stereocenters. The lowest BCUT2D eigenvalue weighted by atomic mass is 9.91. The van der Waals surface area contributed by atoms with E-state index in [1.165, 1.54) is 0 Å². The number of hydrogen-bond donors (Lipinski definition) is 2. The Bertz CT molecular complexity index is 845. The third-order valence-electron chi connectivity index (χ3n) is 4.79. The maximum atomic E-state index is 12.2. The van der Waals surface area contributed by atoms with Crippen molar-refractivity contribution >= 4 is 53.3 Å². The molecule has 0 bridgehead atoms. The average Bonchev–Trinajstić information content (AvgIpc) is 2.70. The van der Waals surface area contributed by atoms with Crippen LogP contribution in [0.15, 0.2) is 30.5 Å². The number of nitrogens with zero attached hydrogens (tertiary/aromatic N) is 3. The van der Waals surface area contributed by atoms with Gasteiger partial charge in [-0.15, -0.1) is 12.4 Å². The number of carbonyl (C=O) groups excluding carboxylic acids is 1. The largest absolute Gasteiger partial charge is 0.484 e. The summed E-state index contributed by atoms with van der Waals surface area (Å²) >= 11 is 11.8. The molecule has 10 heteroatoms. The molecule has 2 aromatic rings. The summed E-state index contributed by atoms with van der Waals surface area (Å²) in [6.07, 6.45) is 5.42. The van der Waals surface area contributed by atoms with Crippen LogP contribution in [0.1, 0.15) is 25.7 Å². The molecule has 164 valence electrons. The molecule has 1 aliphatic rings. The molecule has 3 rings (SSSR count). The summed E-state index contributed by atoms with van der Waals surface area (Å²) < 4.78 is 5.49. The average molecular weight is 475 g/mol. The monoisotopic (exact) mass is 473 g/mol. The first-order valence-electron chi connectivity index (χ1n) is 9.55. The Balaban J connectivity index is 0.00000320. The van der Waals surface area contributed by atoms with E-state index in [-0.39, 0.29) is 31.0 Å². The summed E-state index contributed by atoms with van der Waals surface area (Å²) in [5, 5.41) is 7.28. The third kappa shape index (κ3) is 7.07. The summed E-state index contributed by atoms with van der Waals surface area (Å²) in [6.45, 7) is -0.0543. The Hall–Kier alpha value is -1.96. The molecule has 0 radical (unpaired) electrons. The van der Waals surface area contributed by atoms with E-state index in [1.807, 2.05) is 25.1 Å². The molecule has 1 aromatic heterocycles. The molecule has 2 N–H and O–H groups in total. The fraction of sp³-hybridized carbons (Fsp3) is 0.450. The van der Waals surface area contributed by atoms with E-state index < -0.39 is 0 Å². The predicted octanol–water partition coefficient (Wildman–Crippen LogP) is 4.19. The number of rotatable bonds is 7. The van der Waals surface area contributed by atoms with Gasteiger partial charge in [0, 0.05) is 38.4 Å². The van der Waals surface area contributed by atoms with Gasteiger partial charge in [0.15, 0.2) is 6.61 Å². The second kappa shape index (κ2) is 11.4. The van der Waals surface area contributed by atoms with Crippen molar-refractivity contribution in [3.63, 3.8) is 0 Å². The summed E-state index contributed by atoms with van der Waals surface area (Å²) in [5.41, 5.74) is 0. The molecule has 1 heterocycles. The summed E-state index contributed by atoms with van der Waals surface area (Å²) in [6, 6.07) is 7.24. The van der Waals surface area contributed by atoms with Crippen LogP contribution in [0.3, 0.4) is 0 Å². The highest BCUT2D eigenvalue weighted by Gasteiger charge is 2.23. The minimum atomic E-state index is -0.144. The van der Waals surface area contributed by atoms with Gasteiger partial charge in [0.25, 0.3) is 5.91 Å².